The van der Waals surface area contributed by atoms with E-state index in [9.17, 15) is 9.65 Å². The average molecular weight is 232 g/mol. The quantitative estimate of drug-likeness (QED) is 0.743. The van der Waals surface area contributed by atoms with E-state index in [-0.39, 0.29) is 17.2 Å². The summed E-state index contributed by atoms with van der Waals surface area (Å²) in [6.45, 7) is 5.65. The number of halogens is 1. The summed E-state index contributed by atoms with van der Waals surface area (Å²) < 4.78 is 13.7. The monoisotopic (exact) mass is 232 g/mol. The number of anilines is 1. The van der Waals surface area contributed by atoms with Gasteiger partial charge in [0.25, 0.3) is 0 Å². The molecule has 1 aromatic carbocycles. The second kappa shape index (κ2) is 4.37. The molecule has 0 bridgehead atoms. The van der Waals surface area contributed by atoms with Gasteiger partial charge in [-0.1, -0.05) is 26.0 Å². The van der Waals surface area contributed by atoms with Crippen molar-refractivity contribution in [2.45, 2.75) is 20.3 Å². The van der Waals surface area contributed by atoms with E-state index in [0.717, 1.165) is 13.0 Å². The number of benzene rings is 1. The van der Waals surface area contributed by atoms with E-state index >= 15 is 0 Å². The van der Waals surface area contributed by atoms with Gasteiger partial charge in [-0.2, -0.15) is 5.26 Å². The summed E-state index contributed by atoms with van der Waals surface area (Å²) >= 11 is 0. The van der Waals surface area contributed by atoms with Gasteiger partial charge in [0, 0.05) is 13.1 Å². The van der Waals surface area contributed by atoms with Gasteiger partial charge in [-0.15, -0.1) is 0 Å². The zero-order valence-electron chi connectivity index (χ0n) is 10.3. The predicted molar refractivity (Wildman–Crippen MR) is 66.1 cm³/mol. The summed E-state index contributed by atoms with van der Waals surface area (Å²) in [5.41, 5.74) is 0.638. The standard InChI is InChI=1S/C14H17FN2/c1-14(2)7-8-17(10-11(14)9-16)13-6-4-3-5-12(13)15/h3-6,11H,7-8,10H2,1-2H3. The van der Waals surface area contributed by atoms with Crippen LogP contribution < -0.4 is 4.90 Å². The molecule has 1 heterocycles. The normalized spacial score (nSPS) is 23.2. The molecule has 2 rings (SSSR count). The fourth-order valence-corrected chi connectivity index (χ4v) is 2.30. The molecule has 1 fully saturated rings. The van der Waals surface area contributed by atoms with Crippen LogP contribution in [-0.2, 0) is 0 Å². The van der Waals surface area contributed by atoms with E-state index in [1.54, 1.807) is 12.1 Å². The van der Waals surface area contributed by atoms with Crippen molar-refractivity contribution in [3.05, 3.63) is 30.1 Å². The highest BCUT2D eigenvalue weighted by molar-refractivity contribution is 5.48. The van der Waals surface area contributed by atoms with Crippen LogP contribution in [0.3, 0.4) is 0 Å². The average Bonchev–Trinajstić information content (AvgIpc) is 2.30. The summed E-state index contributed by atoms with van der Waals surface area (Å²) in [5.74, 6) is -0.250. The Labute approximate surface area is 102 Å². The first-order valence-corrected chi connectivity index (χ1v) is 5.94. The van der Waals surface area contributed by atoms with E-state index in [0.29, 0.717) is 12.2 Å². The second-order valence-corrected chi connectivity index (χ2v) is 5.32. The highest BCUT2D eigenvalue weighted by Crippen LogP contribution is 2.37. The first-order valence-electron chi connectivity index (χ1n) is 5.94. The minimum Gasteiger partial charge on any atom is -0.368 e. The second-order valence-electron chi connectivity index (χ2n) is 5.32. The van der Waals surface area contributed by atoms with Gasteiger partial charge in [-0.25, -0.2) is 4.39 Å². The SMILES string of the molecule is CC1(C)CCN(c2ccccc2F)CC1C#N. The molecule has 0 spiro atoms. The molecular weight excluding hydrogens is 215 g/mol. The molecule has 0 aliphatic carbocycles. The topological polar surface area (TPSA) is 27.0 Å². The molecule has 0 amide bonds. The van der Waals surface area contributed by atoms with Crippen molar-refractivity contribution >= 4 is 5.69 Å². The molecule has 90 valence electrons. The van der Waals surface area contributed by atoms with Crippen molar-refractivity contribution in [1.29, 1.82) is 5.26 Å². The predicted octanol–water partition coefficient (Wildman–Crippen LogP) is 3.20. The minimum atomic E-state index is -0.205. The molecule has 1 aliphatic heterocycles. The van der Waals surface area contributed by atoms with Crippen LogP contribution in [0.15, 0.2) is 24.3 Å². The highest BCUT2D eigenvalue weighted by atomic mass is 19.1. The lowest BCUT2D eigenvalue weighted by atomic mass is 9.74. The summed E-state index contributed by atoms with van der Waals surface area (Å²) in [5, 5.41) is 9.19. The third-order valence-corrected chi connectivity index (χ3v) is 3.72. The highest BCUT2D eigenvalue weighted by Gasteiger charge is 2.36. The Bertz CT molecular complexity index is 448. The maximum atomic E-state index is 13.7. The molecule has 1 unspecified atom stereocenters. The van der Waals surface area contributed by atoms with Crippen LogP contribution in [-0.4, -0.2) is 13.1 Å². The van der Waals surface area contributed by atoms with Crippen LogP contribution in [0.25, 0.3) is 0 Å². The Morgan fingerprint density at radius 1 is 1.41 bits per heavy atom. The summed E-state index contributed by atoms with van der Waals surface area (Å²) in [6, 6.07) is 9.12. The van der Waals surface area contributed by atoms with E-state index in [2.05, 4.69) is 19.9 Å². The first kappa shape index (κ1) is 11.9. The Kier molecular flexibility index (Phi) is 3.06. The van der Waals surface area contributed by atoms with Crippen LogP contribution in [0.4, 0.5) is 10.1 Å². The summed E-state index contributed by atoms with van der Waals surface area (Å²) in [4.78, 5) is 1.98. The Morgan fingerprint density at radius 3 is 2.76 bits per heavy atom. The zero-order valence-corrected chi connectivity index (χ0v) is 10.3. The third kappa shape index (κ3) is 2.26. The van der Waals surface area contributed by atoms with Gasteiger partial charge in [0.1, 0.15) is 5.82 Å². The zero-order chi connectivity index (χ0) is 12.5. The molecule has 0 radical (unpaired) electrons. The van der Waals surface area contributed by atoms with Crippen molar-refractivity contribution in [2.24, 2.45) is 11.3 Å². The molecule has 17 heavy (non-hydrogen) atoms. The number of hydrogen-bond donors (Lipinski definition) is 0. The molecular formula is C14H17FN2. The van der Waals surface area contributed by atoms with Crippen LogP contribution >= 0.6 is 0 Å². The summed E-state index contributed by atoms with van der Waals surface area (Å²) in [7, 11) is 0. The van der Waals surface area contributed by atoms with Crippen LogP contribution in [0.1, 0.15) is 20.3 Å². The number of nitriles is 1. The largest absolute Gasteiger partial charge is 0.368 e. The molecule has 0 aromatic heterocycles. The molecule has 3 heteroatoms. The maximum absolute atomic E-state index is 13.7. The minimum absolute atomic E-state index is 0.0243. The molecule has 1 aromatic rings. The Morgan fingerprint density at radius 2 is 2.12 bits per heavy atom. The van der Waals surface area contributed by atoms with Gasteiger partial charge >= 0.3 is 0 Å². The number of nitrogens with zero attached hydrogens (tertiary/aromatic N) is 2. The maximum Gasteiger partial charge on any atom is 0.146 e. The lowest BCUT2D eigenvalue weighted by Crippen LogP contribution is -2.44. The fourth-order valence-electron chi connectivity index (χ4n) is 2.30. The van der Waals surface area contributed by atoms with Gasteiger partial charge in [-0.3, -0.25) is 0 Å². The van der Waals surface area contributed by atoms with Gasteiger partial charge in [0.2, 0.25) is 0 Å². The smallest absolute Gasteiger partial charge is 0.146 e. The lowest BCUT2D eigenvalue weighted by Gasteiger charge is -2.41. The van der Waals surface area contributed by atoms with Gasteiger partial charge in [-0.05, 0) is 24.0 Å². The van der Waals surface area contributed by atoms with Crippen LogP contribution in [0, 0.1) is 28.5 Å². The molecule has 0 N–H and O–H groups in total. The van der Waals surface area contributed by atoms with Crippen molar-refractivity contribution in [3.63, 3.8) is 0 Å². The van der Waals surface area contributed by atoms with Crippen molar-refractivity contribution in [3.8, 4) is 6.07 Å². The third-order valence-electron chi connectivity index (χ3n) is 3.72. The first-order chi connectivity index (χ1) is 8.04. The van der Waals surface area contributed by atoms with Crippen LogP contribution in [0.2, 0.25) is 0 Å². The molecule has 1 atom stereocenters. The van der Waals surface area contributed by atoms with Gasteiger partial charge in [0.05, 0.1) is 17.7 Å². The fraction of sp³-hybridized carbons (Fsp3) is 0.500. The number of rotatable bonds is 1. The lowest BCUT2D eigenvalue weighted by molar-refractivity contribution is 0.217. The van der Waals surface area contributed by atoms with Crippen LogP contribution in [0.5, 0.6) is 0 Å². The van der Waals surface area contributed by atoms with E-state index in [4.69, 9.17) is 0 Å². The summed E-state index contributed by atoms with van der Waals surface area (Å²) in [6.07, 6.45) is 0.916. The van der Waals surface area contributed by atoms with E-state index < -0.39 is 0 Å². The Balaban J connectivity index is 2.22. The van der Waals surface area contributed by atoms with Crippen molar-refractivity contribution in [2.75, 3.05) is 18.0 Å². The molecule has 2 nitrogen and oxygen atoms in total. The number of para-hydroxylation sites is 1. The Hall–Kier alpha value is -1.56. The van der Waals surface area contributed by atoms with Gasteiger partial charge in [0.15, 0.2) is 0 Å². The van der Waals surface area contributed by atoms with Gasteiger partial charge < -0.3 is 4.90 Å². The molecule has 0 saturated carbocycles. The van der Waals surface area contributed by atoms with Crippen molar-refractivity contribution < 1.29 is 4.39 Å². The van der Waals surface area contributed by atoms with E-state index in [1.807, 2.05) is 11.0 Å². The molecule has 1 aliphatic rings. The van der Waals surface area contributed by atoms with E-state index in [1.165, 1.54) is 6.07 Å². The molecule has 1 saturated heterocycles. The number of hydrogen-bond acceptors (Lipinski definition) is 2. The van der Waals surface area contributed by atoms with Crippen molar-refractivity contribution in [1.82, 2.24) is 0 Å². The number of piperidine rings is 1.